The smallest absolute Gasteiger partial charge is 0.335 e. The molecule has 1 aromatic carbocycles. The number of rotatable bonds is 4. The van der Waals surface area contributed by atoms with E-state index in [1.807, 2.05) is 0 Å². The second-order valence-electron chi connectivity index (χ2n) is 6.71. The maximum Gasteiger partial charge on any atom is 0.335 e. The Bertz CT molecular complexity index is 547. The molecule has 1 aromatic rings. The molecule has 0 atom stereocenters. The van der Waals surface area contributed by atoms with Crippen molar-refractivity contribution in [1.29, 1.82) is 0 Å². The van der Waals surface area contributed by atoms with E-state index in [4.69, 9.17) is 5.11 Å². The maximum absolute atomic E-state index is 11.8. The van der Waals surface area contributed by atoms with E-state index in [0.29, 0.717) is 18.2 Å². The number of urea groups is 1. The molecule has 0 bridgehead atoms. The number of anilines is 1. The Morgan fingerprint density at radius 2 is 1.62 bits per heavy atom. The molecule has 0 aromatic heterocycles. The molecule has 1 fully saturated rings. The summed E-state index contributed by atoms with van der Waals surface area (Å²) < 4.78 is 0. The molecule has 0 spiro atoms. The molecule has 0 radical (unpaired) electrons. The monoisotopic (exact) mass is 290 g/mol. The quantitative estimate of drug-likeness (QED) is 0.797. The van der Waals surface area contributed by atoms with Gasteiger partial charge >= 0.3 is 12.0 Å². The molecule has 0 heterocycles. The number of benzene rings is 1. The highest BCUT2D eigenvalue weighted by molar-refractivity contribution is 5.91. The maximum atomic E-state index is 11.8. The highest BCUT2D eigenvalue weighted by Crippen LogP contribution is 2.67. The van der Waals surface area contributed by atoms with Crippen molar-refractivity contribution in [2.45, 2.75) is 27.7 Å². The summed E-state index contributed by atoms with van der Waals surface area (Å²) in [4.78, 5) is 22.6. The van der Waals surface area contributed by atoms with Crippen LogP contribution >= 0.6 is 0 Å². The van der Waals surface area contributed by atoms with E-state index in [0.717, 1.165) is 0 Å². The van der Waals surface area contributed by atoms with Crippen LogP contribution in [-0.4, -0.2) is 23.7 Å². The van der Waals surface area contributed by atoms with Crippen LogP contribution in [0.4, 0.5) is 10.5 Å². The fourth-order valence-corrected chi connectivity index (χ4v) is 2.91. The minimum Gasteiger partial charge on any atom is -0.478 e. The lowest BCUT2D eigenvalue weighted by Crippen LogP contribution is -2.31. The molecule has 114 valence electrons. The molecular weight excluding hydrogens is 268 g/mol. The van der Waals surface area contributed by atoms with Crippen molar-refractivity contribution in [3.63, 3.8) is 0 Å². The summed E-state index contributed by atoms with van der Waals surface area (Å²) in [6, 6.07) is 5.81. The van der Waals surface area contributed by atoms with E-state index in [9.17, 15) is 9.59 Å². The highest BCUT2D eigenvalue weighted by atomic mass is 16.4. The van der Waals surface area contributed by atoms with Crippen molar-refractivity contribution in [1.82, 2.24) is 5.32 Å². The van der Waals surface area contributed by atoms with E-state index >= 15 is 0 Å². The van der Waals surface area contributed by atoms with Crippen LogP contribution in [0.2, 0.25) is 0 Å². The van der Waals surface area contributed by atoms with E-state index in [-0.39, 0.29) is 22.4 Å². The molecule has 2 rings (SSSR count). The van der Waals surface area contributed by atoms with Gasteiger partial charge in [-0.25, -0.2) is 9.59 Å². The van der Waals surface area contributed by atoms with E-state index in [2.05, 4.69) is 38.3 Å². The zero-order valence-electron chi connectivity index (χ0n) is 12.9. The minimum absolute atomic E-state index is 0.197. The lowest BCUT2D eigenvalue weighted by molar-refractivity contribution is 0.0697. The number of nitrogens with one attached hydrogen (secondary N) is 2. The van der Waals surface area contributed by atoms with Crippen LogP contribution < -0.4 is 10.6 Å². The predicted molar refractivity (Wildman–Crippen MR) is 81.5 cm³/mol. The summed E-state index contributed by atoms with van der Waals surface area (Å²) in [7, 11) is 0. The Hall–Kier alpha value is -2.04. The molecule has 1 aliphatic rings. The minimum atomic E-state index is -0.982. The molecule has 1 saturated carbocycles. The molecule has 3 N–H and O–H groups in total. The van der Waals surface area contributed by atoms with E-state index < -0.39 is 5.97 Å². The van der Waals surface area contributed by atoms with Crippen molar-refractivity contribution in [2.24, 2.45) is 16.7 Å². The lowest BCUT2D eigenvalue weighted by Gasteiger charge is -2.08. The molecule has 2 amide bonds. The first-order chi connectivity index (χ1) is 9.66. The van der Waals surface area contributed by atoms with Crippen LogP contribution in [-0.2, 0) is 0 Å². The summed E-state index contributed by atoms with van der Waals surface area (Å²) in [6.07, 6.45) is 0. The van der Waals surface area contributed by atoms with Crippen LogP contribution in [0.3, 0.4) is 0 Å². The Kier molecular flexibility index (Phi) is 3.70. The van der Waals surface area contributed by atoms with Crippen LogP contribution in [0.1, 0.15) is 38.1 Å². The molecular formula is C16H22N2O3. The van der Waals surface area contributed by atoms with Crippen molar-refractivity contribution < 1.29 is 14.7 Å². The van der Waals surface area contributed by atoms with Gasteiger partial charge in [-0.1, -0.05) is 27.7 Å². The van der Waals surface area contributed by atoms with E-state index in [1.54, 1.807) is 12.1 Å². The zero-order valence-corrected chi connectivity index (χ0v) is 12.9. The number of carboxylic acids is 1. The van der Waals surface area contributed by atoms with Gasteiger partial charge in [0.05, 0.1) is 5.56 Å². The summed E-state index contributed by atoms with van der Waals surface area (Å²) in [5.74, 6) is -0.519. The van der Waals surface area contributed by atoms with Crippen molar-refractivity contribution in [3.05, 3.63) is 29.8 Å². The molecule has 5 heteroatoms. The van der Waals surface area contributed by atoms with Gasteiger partial charge in [0.1, 0.15) is 0 Å². The summed E-state index contributed by atoms with van der Waals surface area (Å²) >= 11 is 0. The number of hydrogen-bond donors (Lipinski definition) is 3. The molecule has 21 heavy (non-hydrogen) atoms. The van der Waals surface area contributed by atoms with Gasteiger partial charge in [0.15, 0.2) is 0 Å². The number of amides is 2. The molecule has 0 unspecified atom stereocenters. The summed E-state index contributed by atoms with van der Waals surface area (Å²) in [5, 5.41) is 14.4. The Balaban J connectivity index is 1.84. The Morgan fingerprint density at radius 3 is 2.05 bits per heavy atom. The lowest BCUT2D eigenvalue weighted by atomic mass is 10.0. The van der Waals surface area contributed by atoms with Gasteiger partial charge in [0, 0.05) is 12.2 Å². The third-order valence-corrected chi connectivity index (χ3v) is 5.18. The first-order valence-electron chi connectivity index (χ1n) is 7.04. The van der Waals surface area contributed by atoms with Crippen LogP contribution in [0, 0.1) is 16.7 Å². The van der Waals surface area contributed by atoms with Gasteiger partial charge in [-0.2, -0.15) is 0 Å². The average Bonchev–Trinajstić information content (AvgIpc) is 2.77. The second kappa shape index (κ2) is 5.06. The number of aromatic carboxylic acids is 1. The third-order valence-electron chi connectivity index (χ3n) is 5.18. The fourth-order valence-electron chi connectivity index (χ4n) is 2.91. The van der Waals surface area contributed by atoms with Crippen molar-refractivity contribution in [2.75, 3.05) is 11.9 Å². The van der Waals surface area contributed by atoms with Crippen LogP contribution in [0.15, 0.2) is 24.3 Å². The second-order valence-corrected chi connectivity index (χ2v) is 6.71. The van der Waals surface area contributed by atoms with Crippen LogP contribution in [0.25, 0.3) is 0 Å². The largest absolute Gasteiger partial charge is 0.478 e. The van der Waals surface area contributed by atoms with Crippen LogP contribution in [0.5, 0.6) is 0 Å². The van der Waals surface area contributed by atoms with Gasteiger partial charge in [-0.3, -0.25) is 0 Å². The number of carbonyl (C=O) groups is 2. The van der Waals surface area contributed by atoms with Gasteiger partial charge in [0.25, 0.3) is 0 Å². The number of carbonyl (C=O) groups excluding carboxylic acids is 1. The van der Waals surface area contributed by atoms with Crippen molar-refractivity contribution >= 4 is 17.7 Å². The first kappa shape index (κ1) is 15.4. The molecule has 0 aliphatic heterocycles. The standard InChI is InChI=1S/C16H22N2O3/c1-15(2)12(16(15,3)4)9-17-14(21)18-11-7-5-10(6-8-11)13(19)20/h5-8,12H,9H2,1-4H3,(H,19,20)(H2,17,18,21). The van der Waals surface area contributed by atoms with Gasteiger partial charge < -0.3 is 15.7 Å². The van der Waals surface area contributed by atoms with Gasteiger partial charge in [-0.15, -0.1) is 0 Å². The van der Waals surface area contributed by atoms with Gasteiger partial charge in [0.2, 0.25) is 0 Å². The molecule has 5 nitrogen and oxygen atoms in total. The van der Waals surface area contributed by atoms with E-state index in [1.165, 1.54) is 12.1 Å². The number of carboxylic acid groups (broad SMARTS) is 1. The summed E-state index contributed by atoms with van der Waals surface area (Å²) in [6.45, 7) is 9.48. The third kappa shape index (κ3) is 2.86. The average molecular weight is 290 g/mol. The number of hydrogen-bond acceptors (Lipinski definition) is 2. The highest BCUT2D eigenvalue weighted by Gasteiger charge is 2.64. The van der Waals surface area contributed by atoms with Gasteiger partial charge in [-0.05, 0) is 41.0 Å². The SMILES string of the molecule is CC1(C)C(CNC(=O)Nc2ccc(C(=O)O)cc2)C1(C)C. The zero-order chi connectivity index (χ0) is 15.8. The summed E-state index contributed by atoms with van der Waals surface area (Å²) in [5.41, 5.74) is 1.25. The molecule has 0 saturated heterocycles. The fraction of sp³-hybridized carbons (Fsp3) is 0.500. The first-order valence-corrected chi connectivity index (χ1v) is 7.04. The normalized spacial score (nSPS) is 18.9. The van der Waals surface area contributed by atoms with Crippen molar-refractivity contribution in [3.8, 4) is 0 Å². The Labute approximate surface area is 124 Å². The topological polar surface area (TPSA) is 78.4 Å². The Morgan fingerprint density at radius 1 is 1.10 bits per heavy atom. The molecule has 1 aliphatic carbocycles. The predicted octanol–water partition coefficient (Wildman–Crippen LogP) is 3.19.